The highest BCUT2D eigenvalue weighted by atomic mass is 16.5. The van der Waals surface area contributed by atoms with Gasteiger partial charge in [0.1, 0.15) is 11.5 Å². The first kappa shape index (κ1) is 19.1. The van der Waals surface area contributed by atoms with E-state index < -0.39 is 0 Å². The molecular formula is C19H29NO3. The zero-order valence-electron chi connectivity index (χ0n) is 15.3. The highest BCUT2D eigenvalue weighted by molar-refractivity contribution is 5.92. The maximum Gasteiger partial charge on any atom is 0.244 e. The SMILES string of the molecule is COc1ccc(C=CC(=O)NC(C)(C)CC(C)(C)C)c(OC)c1. The topological polar surface area (TPSA) is 47.6 Å². The molecule has 1 N–H and O–H groups in total. The molecule has 0 saturated heterocycles. The van der Waals surface area contributed by atoms with Crippen LogP contribution >= 0.6 is 0 Å². The number of carbonyl (C=O) groups excluding carboxylic acids is 1. The van der Waals surface area contributed by atoms with Gasteiger partial charge in [0.05, 0.1) is 14.2 Å². The lowest BCUT2D eigenvalue weighted by Crippen LogP contribution is -2.45. The minimum atomic E-state index is -0.260. The van der Waals surface area contributed by atoms with Crippen LogP contribution in [-0.4, -0.2) is 25.7 Å². The van der Waals surface area contributed by atoms with Gasteiger partial charge in [-0.05, 0) is 43.9 Å². The molecule has 0 bridgehead atoms. The van der Waals surface area contributed by atoms with Crippen LogP contribution in [0.15, 0.2) is 24.3 Å². The van der Waals surface area contributed by atoms with Crippen molar-refractivity contribution in [1.29, 1.82) is 0 Å². The van der Waals surface area contributed by atoms with E-state index in [0.717, 1.165) is 17.7 Å². The molecule has 0 aliphatic rings. The third-order valence-corrected chi connectivity index (χ3v) is 3.29. The van der Waals surface area contributed by atoms with E-state index in [4.69, 9.17) is 9.47 Å². The molecule has 1 aromatic rings. The summed E-state index contributed by atoms with van der Waals surface area (Å²) in [6.45, 7) is 10.6. The van der Waals surface area contributed by atoms with Gasteiger partial charge >= 0.3 is 0 Å². The quantitative estimate of drug-likeness (QED) is 0.805. The van der Waals surface area contributed by atoms with Crippen molar-refractivity contribution >= 4 is 12.0 Å². The van der Waals surface area contributed by atoms with Gasteiger partial charge in [-0.2, -0.15) is 0 Å². The summed E-state index contributed by atoms with van der Waals surface area (Å²) in [4.78, 5) is 12.2. The molecule has 0 heterocycles. The Hall–Kier alpha value is -1.97. The Kier molecular flexibility index (Phi) is 6.25. The van der Waals surface area contributed by atoms with Crippen molar-refractivity contribution in [2.75, 3.05) is 14.2 Å². The third-order valence-electron chi connectivity index (χ3n) is 3.29. The van der Waals surface area contributed by atoms with Crippen molar-refractivity contribution in [2.45, 2.75) is 46.6 Å². The summed E-state index contributed by atoms with van der Waals surface area (Å²) in [6, 6.07) is 5.49. The number of hydrogen-bond donors (Lipinski definition) is 1. The third kappa shape index (κ3) is 6.76. The Morgan fingerprint density at radius 3 is 2.30 bits per heavy atom. The lowest BCUT2D eigenvalue weighted by molar-refractivity contribution is -0.118. The minimum absolute atomic E-state index is 0.114. The lowest BCUT2D eigenvalue weighted by Gasteiger charge is -2.32. The molecular weight excluding hydrogens is 290 g/mol. The van der Waals surface area contributed by atoms with Gasteiger partial charge in [0.25, 0.3) is 0 Å². The van der Waals surface area contributed by atoms with Crippen LogP contribution in [0.5, 0.6) is 11.5 Å². The Bertz CT molecular complexity index is 568. The predicted molar refractivity (Wildman–Crippen MR) is 94.9 cm³/mol. The van der Waals surface area contributed by atoms with Gasteiger partial charge in [0.15, 0.2) is 0 Å². The molecule has 0 spiro atoms. The summed E-state index contributed by atoms with van der Waals surface area (Å²) in [5.41, 5.74) is 0.723. The molecule has 23 heavy (non-hydrogen) atoms. The number of ether oxygens (including phenoxy) is 2. The smallest absolute Gasteiger partial charge is 0.244 e. The maximum absolute atomic E-state index is 12.2. The predicted octanol–water partition coefficient (Wildman–Crippen LogP) is 4.05. The number of benzene rings is 1. The molecule has 4 heteroatoms. The van der Waals surface area contributed by atoms with Crippen molar-refractivity contribution in [3.8, 4) is 11.5 Å². The van der Waals surface area contributed by atoms with Crippen LogP contribution in [0, 0.1) is 5.41 Å². The summed E-state index contributed by atoms with van der Waals surface area (Å²) >= 11 is 0. The van der Waals surface area contributed by atoms with Crippen LogP contribution in [0.25, 0.3) is 6.08 Å². The van der Waals surface area contributed by atoms with E-state index in [1.807, 2.05) is 26.0 Å². The number of hydrogen-bond acceptors (Lipinski definition) is 3. The average molecular weight is 319 g/mol. The van der Waals surface area contributed by atoms with Crippen LogP contribution in [0.3, 0.4) is 0 Å². The largest absolute Gasteiger partial charge is 0.497 e. The molecule has 0 atom stereocenters. The van der Waals surface area contributed by atoms with Gasteiger partial charge in [0, 0.05) is 23.2 Å². The van der Waals surface area contributed by atoms with Crippen molar-refractivity contribution in [1.82, 2.24) is 5.32 Å². The summed E-state index contributed by atoms with van der Waals surface area (Å²) in [6.07, 6.45) is 4.18. The van der Waals surface area contributed by atoms with Crippen LogP contribution in [0.4, 0.5) is 0 Å². The normalized spacial score (nSPS) is 12.3. The monoisotopic (exact) mass is 319 g/mol. The molecule has 0 aliphatic heterocycles. The summed E-state index contributed by atoms with van der Waals surface area (Å²) in [7, 11) is 3.20. The number of amides is 1. The summed E-state index contributed by atoms with van der Waals surface area (Å²) in [5.74, 6) is 1.27. The van der Waals surface area contributed by atoms with Gasteiger partial charge in [-0.3, -0.25) is 4.79 Å². The zero-order chi connectivity index (χ0) is 17.7. The fraction of sp³-hybridized carbons (Fsp3) is 0.526. The molecule has 0 saturated carbocycles. The highest BCUT2D eigenvalue weighted by Crippen LogP contribution is 2.27. The molecule has 0 unspecified atom stereocenters. The van der Waals surface area contributed by atoms with Crippen molar-refractivity contribution in [2.24, 2.45) is 5.41 Å². The zero-order valence-corrected chi connectivity index (χ0v) is 15.3. The van der Waals surface area contributed by atoms with E-state index in [-0.39, 0.29) is 16.9 Å². The Labute approximate surface area is 139 Å². The van der Waals surface area contributed by atoms with E-state index in [1.165, 1.54) is 6.08 Å². The van der Waals surface area contributed by atoms with Gasteiger partial charge in [-0.15, -0.1) is 0 Å². The summed E-state index contributed by atoms with van der Waals surface area (Å²) < 4.78 is 10.5. The van der Waals surface area contributed by atoms with E-state index >= 15 is 0 Å². The van der Waals surface area contributed by atoms with E-state index in [2.05, 4.69) is 26.1 Å². The van der Waals surface area contributed by atoms with Gasteiger partial charge < -0.3 is 14.8 Å². The Morgan fingerprint density at radius 1 is 1.13 bits per heavy atom. The fourth-order valence-corrected chi connectivity index (χ4v) is 2.87. The fourth-order valence-electron chi connectivity index (χ4n) is 2.87. The lowest BCUT2D eigenvalue weighted by atomic mass is 9.82. The average Bonchev–Trinajstić information content (AvgIpc) is 2.41. The Balaban J connectivity index is 2.79. The number of rotatable bonds is 6. The molecule has 0 radical (unpaired) electrons. The maximum atomic E-state index is 12.2. The van der Waals surface area contributed by atoms with Gasteiger partial charge in [0.2, 0.25) is 5.91 Å². The first-order valence-corrected chi connectivity index (χ1v) is 7.78. The first-order valence-electron chi connectivity index (χ1n) is 7.78. The van der Waals surface area contributed by atoms with Gasteiger partial charge in [-0.25, -0.2) is 0 Å². The van der Waals surface area contributed by atoms with Gasteiger partial charge in [-0.1, -0.05) is 20.8 Å². The second-order valence-corrected chi connectivity index (χ2v) is 7.55. The number of nitrogens with one attached hydrogen (secondary N) is 1. The number of carbonyl (C=O) groups is 1. The van der Waals surface area contributed by atoms with E-state index in [0.29, 0.717) is 5.75 Å². The van der Waals surface area contributed by atoms with Crippen molar-refractivity contribution < 1.29 is 14.3 Å². The molecule has 0 aliphatic carbocycles. The molecule has 1 rings (SSSR count). The van der Waals surface area contributed by atoms with Crippen molar-refractivity contribution in [3.05, 3.63) is 29.8 Å². The molecule has 0 aromatic heterocycles. The molecule has 1 aromatic carbocycles. The molecule has 0 fully saturated rings. The van der Waals surface area contributed by atoms with Crippen LogP contribution in [-0.2, 0) is 4.79 Å². The molecule has 1 amide bonds. The van der Waals surface area contributed by atoms with E-state index in [1.54, 1.807) is 26.4 Å². The second-order valence-electron chi connectivity index (χ2n) is 7.55. The molecule has 128 valence electrons. The minimum Gasteiger partial charge on any atom is -0.497 e. The number of methoxy groups -OCH3 is 2. The van der Waals surface area contributed by atoms with E-state index in [9.17, 15) is 4.79 Å². The van der Waals surface area contributed by atoms with Crippen LogP contribution in [0.1, 0.15) is 46.6 Å². The molecule has 4 nitrogen and oxygen atoms in total. The summed E-state index contributed by atoms with van der Waals surface area (Å²) in [5, 5.41) is 3.05. The Morgan fingerprint density at radius 2 is 1.78 bits per heavy atom. The van der Waals surface area contributed by atoms with Crippen LogP contribution < -0.4 is 14.8 Å². The standard InChI is InChI=1S/C19H29NO3/c1-18(2,3)13-19(4,5)20-17(21)11-9-14-8-10-15(22-6)12-16(14)23-7/h8-12H,13H2,1-7H3,(H,20,21). The first-order chi connectivity index (χ1) is 10.6. The van der Waals surface area contributed by atoms with Crippen LogP contribution in [0.2, 0.25) is 0 Å². The highest BCUT2D eigenvalue weighted by Gasteiger charge is 2.26. The second kappa shape index (κ2) is 7.53. The van der Waals surface area contributed by atoms with Crippen molar-refractivity contribution in [3.63, 3.8) is 0 Å².